The molecule has 0 aliphatic heterocycles. The van der Waals surface area contributed by atoms with Crippen molar-refractivity contribution in [2.45, 2.75) is 11.4 Å². The number of aromatic nitrogens is 2. The van der Waals surface area contributed by atoms with Crippen molar-refractivity contribution in [3.63, 3.8) is 0 Å². The number of rotatable bonds is 4. The standard InChI is InChI=1S/C11H12N4O3S/c12-19(17,18)10-4-2-9(3-5-10)14-11(16)8-15-7-1-6-13-15/h1-7H,8H2,(H,14,16)(H2,12,17,18). The van der Waals surface area contributed by atoms with E-state index in [1.165, 1.54) is 28.9 Å². The Hall–Kier alpha value is -2.19. The third kappa shape index (κ3) is 3.63. The number of nitrogens with one attached hydrogen (secondary N) is 1. The van der Waals surface area contributed by atoms with Gasteiger partial charge in [-0.3, -0.25) is 9.48 Å². The van der Waals surface area contributed by atoms with Crippen LogP contribution in [0.3, 0.4) is 0 Å². The van der Waals surface area contributed by atoms with E-state index in [2.05, 4.69) is 10.4 Å². The SMILES string of the molecule is NS(=O)(=O)c1ccc(NC(=O)Cn2cccn2)cc1. The van der Waals surface area contributed by atoms with Gasteiger partial charge in [-0.2, -0.15) is 5.10 Å². The molecule has 0 saturated heterocycles. The fourth-order valence-electron chi connectivity index (χ4n) is 1.47. The average Bonchev–Trinajstić information content (AvgIpc) is 2.81. The maximum atomic E-state index is 11.6. The smallest absolute Gasteiger partial charge is 0.246 e. The van der Waals surface area contributed by atoms with Crippen LogP contribution >= 0.6 is 0 Å². The summed E-state index contributed by atoms with van der Waals surface area (Å²) in [6, 6.07) is 7.33. The first-order valence-electron chi connectivity index (χ1n) is 5.35. The van der Waals surface area contributed by atoms with Crippen LogP contribution in [-0.2, 0) is 21.4 Å². The molecule has 1 aromatic heterocycles. The Morgan fingerprint density at radius 3 is 2.53 bits per heavy atom. The summed E-state index contributed by atoms with van der Waals surface area (Å²) < 4.78 is 23.6. The largest absolute Gasteiger partial charge is 0.324 e. The van der Waals surface area contributed by atoms with Crippen LogP contribution in [-0.4, -0.2) is 24.1 Å². The van der Waals surface area contributed by atoms with Crippen LogP contribution in [0.15, 0.2) is 47.6 Å². The topological polar surface area (TPSA) is 107 Å². The van der Waals surface area contributed by atoms with E-state index < -0.39 is 10.0 Å². The number of nitrogens with zero attached hydrogens (tertiary/aromatic N) is 2. The van der Waals surface area contributed by atoms with E-state index in [0.717, 1.165) is 0 Å². The minimum absolute atomic E-state index is 0.00225. The van der Waals surface area contributed by atoms with E-state index in [0.29, 0.717) is 5.69 Å². The van der Waals surface area contributed by atoms with Gasteiger partial charge in [0.2, 0.25) is 15.9 Å². The molecular weight excluding hydrogens is 268 g/mol. The highest BCUT2D eigenvalue weighted by molar-refractivity contribution is 7.89. The molecule has 0 bridgehead atoms. The number of primary sulfonamides is 1. The first-order valence-corrected chi connectivity index (χ1v) is 6.90. The van der Waals surface area contributed by atoms with E-state index in [1.54, 1.807) is 18.5 Å². The van der Waals surface area contributed by atoms with E-state index in [-0.39, 0.29) is 17.3 Å². The quantitative estimate of drug-likeness (QED) is 0.832. The third-order valence-electron chi connectivity index (χ3n) is 2.33. The molecule has 1 aromatic carbocycles. The maximum Gasteiger partial charge on any atom is 0.246 e. The van der Waals surface area contributed by atoms with Crippen LogP contribution in [0.25, 0.3) is 0 Å². The number of hydrogen-bond donors (Lipinski definition) is 2. The zero-order chi connectivity index (χ0) is 13.9. The van der Waals surface area contributed by atoms with Gasteiger partial charge in [0, 0.05) is 18.1 Å². The second kappa shape index (κ2) is 5.21. The number of sulfonamides is 1. The zero-order valence-corrected chi connectivity index (χ0v) is 10.7. The molecule has 100 valence electrons. The number of nitrogens with two attached hydrogens (primary N) is 1. The molecule has 8 heteroatoms. The lowest BCUT2D eigenvalue weighted by Crippen LogP contribution is -2.19. The second-order valence-electron chi connectivity index (χ2n) is 3.82. The minimum Gasteiger partial charge on any atom is -0.324 e. The van der Waals surface area contributed by atoms with E-state index >= 15 is 0 Å². The number of carbonyl (C=O) groups excluding carboxylic acids is 1. The summed E-state index contributed by atoms with van der Waals surface area (Å²) in [4.78, 5) is 11.6. The van der Waals surface area contributed by atoms with Crippen molar-refractivity contribution >= 4 is 21.6 Å². The molecule has 0 radical (unpaired) electrons. The van der Waals surface area contributed by atoms with Crippen LogP contribution in [0, 0.1) is 0 Å². The molecule has 2 aromatic rings. The first kappa shape index (κ1) is 13.2. The molecule has 7 nitrogen and oxygen atoms in total. The highest BCUT2D eigenvalue weighted by Crippen LogP contribution is 2.12. The number of hydrogen-bond acceptors (Lipinski definition) is 4. The van der Waals surface area contributed by atoms with Crippen LogP contribution in [0.1, 0.15) is 0 Å². The minimum atomic E-state index is -3.72. The molecule has 2 rings (SSSR count). The van der Waals surface area contributed by atoms with Crippen molar-refractivity contribution in [2.24, 2.45) is 5.14 Å². The Morgan fingerprint density at radius 1 is 1.32 bits per heavy atom. The number of carbonyl (C=O) groups is 1. The Labute approximate surface area is 110 Å². The van der Waals surface area contributed by atoms with Crippen LogP contribution in [0.4, 0.5) is 5.69 Å². The van der Waals surface area contributed by atoms with Crippen LogP contribution < -0.4 is 10.5 Å². The fraction of sp³-hybridized carbons (Fsp3) is 0.0909. The lowest BCUT2D eigenvalue weighted by atomic mass is 10.3. The molecule has 19 heavy (non-hydrogen) atoms. The lowest BCUT2D eigenvalue weighted by Gasteiger charge is -2.06. The molecule has 0 spiro atoms. The number of anilines is 1. The number of amides is 1. The molecule has 1 amide bonds. The van der Waals surface area contributed by atoms with Crippen molar-refractivity contribution in [3.8, 4) is 0 Å². The first-order chi connectivity index (χ1) is 8.95. The molecule has 0 atom stereocenters. The van der Waals surface area contributed by atoms with Crippen molar-refractivity contribution in [2.75, 3.05) is 5.32 Å². The summed E-state index contributed by atoms with van der Waals surface area (Å²) in [7, 11) is -3.72. The van der Waals surface area contributed by atoms with Gasteiger partial charge < -0.3 is 5.32 Å². The van der Waals surface area contributed by atoms with Gasteiger partial charge in [0.1, 0.15) is 6.54 Å². The summed E-state index contributed by atoms with van der Waals surface area (Å²) in [5.74, 6) is -0.257. The Balaban J connectivity index is 2.02. The van der Waals surface area contributed by atoms with Crippen molar-refractivity contribution in [3.05, 3.63) is 42.7 Å². The van der Waals surface area contributed by atoms with Crippen LogP contribution in [0.5, 0.6) is 0 Å². The monoisotopic (exact) mass is 280 g/mol. The van der Waals surface area contributed by atoms with Gasteiger partial charge in [0.05, 0.1) is 4.90 Å². The van der Waals surface area contributed by atoms with Gasteiger partial charge in [-0.15, -0.1) is 0 Å². The van der Waals surface area contributed by atoms with Crippen molar-refractivity contribution in [1.29, 1.82) is 0 Å². The molecule has 1 heterocycles. The molecule has 0 fully saturated rings. The summed E-state index contributed by atoms with van der Waals surface area (Å²) in [6.45, 7) is 0.0872. The maximum absolute atomic E-state index is 11.6. The highest BCUT2D eigenvalue weighted by atomic mass is 32.2. The van der Waals surface area contributed by atoms with E-state index in [4.69, 9.17) is 5.14 Å². The predicted octanol–water partition coefficient (Wildman–Crippen LogP) is 0.169. The summed E-state index contributed by atoms with van der Waals surface area (Å²) >= 11 is 0. The molecule has 0 aliphatic rings. The van der Waals surface area contributed by atoms with E-state index in [9.17, 15) is 13.2 Å². The molecular formula is C11H12N4O3S. The zero-order valence-electron chi connectivity index (χ0n) is 9.85. The summed E-state index contributed by atoms with van der Waals surface area (Å²) in [5.41, 5.74) is 0.490. The Kier molecular flexibility index (Phi) is 3.63. The third-order valence-corrected chi connectivity index (χ3v) is 3.26. The second-order valence-corrected chi connectivity index (χ2v) is 5.38. The van der Waals surface area contributed by atoms with Gasteiger partial charge in [-0.1, -0.05) is 0 Å². The molecule has 0 unspecified atom stereocenters. The average molecular weight is 280 g/mol. The Morgan fingerprint density at radius 2 is 2.00 bits per heavy atom. The molecule has 0 aliphatic carbocycles. The molecule has 3 N–H and O–H groups in total. The normalized spacial score (nSPS) is 11.2. The van der Waals surface area contributed by atoms with Crippen molar-refractivity contribution in [1.82, 2.24) is 9.78 Å². The number of benzene rings is 1. The Bertz CT molecular complexity index is 662. The van der Waals surface area contributed by atoms with Gasteiger partial charge in [0.15, 0.2) is 0 Å². The van der Waals surface area contributed by atoms with Gasteiger partial charge in [-0.05, 0) is 30.3 Å². The lowest BCUT2D eigenvalue weighted by molar-refractivity contribution is -0.116. The van der Waals surface area contributed by atoms with E-state index in [1.807, 2.05) is 0 Å². The van der Waals surface area contributed by atoms with Crippen LogP contribution in [0.2, 0.25) is 0 Å². The van der Waals surface area contributed by atoms with Crippen molar-refractivity contribution < 1.29 is 13.2 Å². The summed E-state index contributed by atoms with van der Waals surface area (Å²) in [6.07, 6.45) is 3.25. The fourth-order valence-corrected chi connectivity index (χ4v) is 1.99. The predicted molar refractivity (Wildman–Crippen MR) is 68.7 cm³/mol. The molecule has 0 saturated carbocycles. The highest BCUT2D eigenvalue weighted by Gasteiger charge is 2.08. The van der Waals surface area contributed by atoms with Gasteiger partial charge in [0.25, 0.3) is 0 Å². The summed E-state index contributed by atoms with van der Waals surface area (Å²) in [5, 5.41) is 11.5. The van der Waals surface area contributed by atoms with Gasteiger partial charge in [-0.25, -0.2) is 13.6 Å². The van der Waals surface area contributed by atoms with Gasteiger partial charge >= 0.3 is 0 Å².